The van der Waals surface area contributed by atoms with E-state index >= 15 is 0 Å². The van der Waals surface area contributed by atoms with Crippen molar-refractivity contribution in [2.24, 2.45) is 0 Å². The summed E-state index contributed by atoms with van der Waals surface area (Å²) in [5, 5.41) is 6.25. The fraction of sp³-hybridized carbons (Fsp3) is 0.562. The third kappa shape index (κ3) is 3.51. The monoisotopic (exact) mass is 276 g/mol. The Kier molecular flexibility index (Phi) is 4.65. The van der Waals surface area contributed by atoms with Gasteiger partial charge in [-0.2, -0.15) is 0 Å². The lowest BCUT2D eigenvalue weighted by atomic mass is 10.0. The van der Waals surface area contributed by atoms with Crippen molar-refractivity contribution in [3.63, 3.8) is 0 Å². The summed E-state index contributed by atoms with van der Waals surface area (Å²) >= 11 is 0. The van der Waals surface area contributed by atoms with Crippen LogP contribution in [0.15, 0.2) is 18.2 Å². The van der Waals surface area contributed by atoms with Gasteiger partial charge in [0.1, 0.15) is 0 Å². The molecule has 1 fully saturated rings. The van der Waals surface area contributed by atoms with Crippen molar-refractivity contribution >= 4 is 11.6 Å². The van der Waals surface area contributed by atoms with Crippen LogP contribution in [0.4, 0.5) is 5.69 Å². The predicted octanol–water partition coefficient (Wildman–Crippen LogP) is 2.73. The standard InChI is InChI=1S/C16H24N2O2/c1-4-17-14-7-6-13(10-12(14)2)15(19)18-11-16(3)8-5-9-20-16/h6-7,10,17H,4-5,8-9,11H2,1-3H3,(H,18,19). The van der Waals surface area contributed by atoms with Crippen LogP contribution < -0.4 is 10.6 Å². The van der Waals surface area contributed by atoms with Crippen molar-refractivity contribution in [1.82, 2.24) is 5.32 Å². The molecule has 0 spiro atoms. The summed E-state index contributed by atoms with van der Waals surface area (Å²) in [4.78, 5) is 12.2. The Labute approximate surface area is 120 Å². The molecule has 1 aliphatic rings. The third-order valence-corrected chi connectivity index (χ3v) is 3.78. The minimum Gasteiger partial charge on any atom is -0.385 e. The fourth-order valence-electron chi connectivity index (χ4n) is 2.54. The van der Waals surface area contributed by atoms with Crippen LogP contribution in [-0.4, -0.2) is 31.2 Å². The van der Waals surface area contributed by atoms with Gasteiger partial charge < -0.3 is 15.4 Å². The number of benzene rings is 1. The first-order chi connectivity index (χ1) is 9.54. The highest BCUT2D eigenvalue weighted by Gasteiger charge is 2.30. The Morgan fingerprint density at radius 1 is 1.45 bits per heavy atom. The number of hydrogen-bond donors (Lipinski definition) is 2. The molecule has 1 heterocycles. The first-order valence-corrected chi connectivity index (χ1v) is 7.31. The zero-order valence-corrected chi connectivity index (χ0v) is 12.6. The highest BCUT2D eigenvalue weighted by molar-refractivity contribution is 5.94. The smallest absolute Gasteiger partial charge is 0.251 e. The van der Waals surface area contributed by atoms with Gasteiger partial charge in [0.2, 0.25) is 0 Å². The number of carbonyl (C=O) groups excluding carboxylic acids is 1. The maximum absolute atomic E-state index is 12.2. The van der Waals surface area contributed by atoms with E-state index in [4.69, 9.17) is 4.74 Å². The second-order valence-electron chi connectivity index (χ2n) is 5.64. The molecule has 0 bridgehead atoms. The second kappa shape index (κ2) is 6.27. The average molecular weight is 276 g/mol. The maximum Gasteiger partial charge on any atom is 0.251 e. The van der Waals surface area contributed by atoms with Gasteiger partial charge in [-0.1, -0.05) is 0 Å². The molecule has 0 radical (unpaired) electrons. The maximum atomic E-state index is 12.2. The number of nitrogens with one attached hydrogen (secondary N) is 2. The number of amides is 1. The van der Waals surface area contributed by atoms with E-state index in [2.05, 4.69) is 24.5 Å². The van der Waals surface area contributed by atoms with E-state index in [9.17, 15) is 4.79 Å². The van der Waals surface area contributed by atoms with Gasteiger partial charge in [0, 0.05) is 30.9 Å². The molecule has 1 aromatic carbocycles. The predicted molar refractivity (Wildman–Crippen MR) is 81.3 cm³/mol. The number of carbonyl (C=O) groups is 1. The van der Waals surface area contributed by atoms with Crippen LogP contribution in [0, 0.1) is 6.92 Å². The number of ether oxygens (including phenoxy) is 1. The zero-order chi connectivity index (χ0) is 14.6. The lowest BCUT2D eigenvalue weighted by Crippen LogP contribution is -2.40. The molecular formula is C16H24N2O2. The number of aryl methyl sites for hydroxylation is 1. The van der Waals surface area contributed by atoms with Crippen molar-refractivity contribution in [2.45, 2.75) is 39.2 Å². The van der Waals surface area contributed by atoms with Gasteiger partial charge in [0.05, 0.1) is 5.60 Å². The number of rotatable bonds is 5. The normalized spacial score (nSPS) is 21.8. The molecule has 4 heteroatoms. The Balaban J connectivity index is 1.97. The molecular weight excluding hydrogens is 252 g/mol. The van der Waals surface area contributed by atoms with Crippen molar-refractivity contribution in [2.75, 3.05) is 25.0 Å². The SMILES string of the molecule is CCNc1ccc(C(=O)NCC2(C)CCCO2)cc1C. The van der Waals surface area contributed by atoms with Crippen LogP contribution in [0.3, 0.4) is 0 Å². The molecule has 20 heavy (non-hydrogen) atoms. The second-order valence-corrected chi connectivity index (χ2v) is 5.64. The van der Waals surface area contributed by atoms with Gasteiger partial charge in [-0.25, -0.2) is 0 Å². The minimum absolute atomic E-state index is 0.0344. The first-order valence-electron chi connectivity index (χ1n) is 7.31. The van der Waals surface area contributed by atoms with E-state index in [1.165, 1.54) is 0 Å². The van der Waals surface area contributed by atoms with Crippen LogP contribution in [-0.2, 0) is 4.74 Å². The highest BCUT2D eigenvalue weighted by atomic mass is 16.5. The van der Waals surface area contributed by atoms with E-state index in [0.29, 0.717) is 12.1 Å². The summed E-state index contributed by atoms with van der Waals surface area (Å²) in [6, 6.07) is 5.74. The van der Waals surface area contributed by atoms with Crippen molar-refractivity contribution in [3.05, 3.63) is 29.3 Å². The molecule has 0 aromatic heterocycles. The van der Waals surface area contributed by atoms with Gasteiger partial charge in [-0.05, 0) is 57.4 Å². The Morgan fingerprint density at radius 2 is 2.25 bits per heavy atom. The first kappa shape index (κ1) is 14.9. The summed E-state index contributed by atoms with van der Waals surface area (Å²) in [6.07, 6.45) is 2.08. The fourth-order valence-corrected chi connectivity index (χ4v) is 2.54. The molecule has 1 aromatic rings. The molecule has 110 valence electrons. The number of hydrogen-bond acceptors (Lipinski definition) is 3. The summed E-state index contributed by atoms with van der Waals surface area (Å²) in [6.45, 7) is 8.36. The molecule has 2 rings (SSSR count). The van der Waals surface area contributed by atoms with Crippen LogP contribution in [0.25, 0.3) is 0 Å². The Hall–Kier alpha value is -1.55. The van der Waals surface area contributed by atoms with E-state index < -0.39 is 0 Å². The summed E-state index contributed by atoms with van der Waals surface area (Å²) in [7, 11) is 0. The molecule has 2 N–H and O–H groups in total. The van der Waals surface area contributed by atoms with Gasteiger partial charge >= 0.3 is 0 Å². The van der Waals surface area contributed by atoms with Gasteiger partial charge in [0.15, 0.2) is 0 Å². The third-order valence-electron chi connectivity index (χ3n) is 3.78. The van der Waals surface area contributed by atoms with Crippen LogP contribution in [0.2, 0.25) is 0 Å². The molecule has 1 saturated heterocycles. The lowest BCUT2D eigenvalue weighted by molar-refractivity contribution is 0.0206. The lowest BCUT2D eigenvalue weighted by Gasteiger charge is -2.23. The zero-order valence-electron chi connectivity index (χ0n) is 12.6. The summed E-state index contributed by atoms with van der Waals surface area (Å²) in [5.41, 5.74) is 2.66. The minimum atomic E-state index is -0.200. The van der Waals surface area contributed by atoms with Crippen LogP contribution in [0.1, 0.15) is 42.6 Å². The molecule has 0 aliphatic carbocycles. The van der Waals surface area contributed by atoms with Gasteiger partial charge in [0.25, 0.3) is 5.91 Å². The van der Waals surface area contributed by atoms with Crippen molar-refractivity contribution in [1.29, 1.82) is 0 Å². The quantitative estimate of drug-likeness (QED) is 0.869. The molecule has 1 amide bonds. The van der Waals surface area contributed by atoms with Gasteiger partial charge in [-0.3, -0.25) is 4.79 Å². The molecule has 0 saturated carbocycles. The van der Waals surface area contributed by atoms with Gasteiger partial charge in [-0.15, -0.1) is 0 Å². The van der Waals surface area contributed by atoms with Crippen LogP contribution >= 0.6 is 0 Å². The Bertz CT molecular complexity index is 479. The molecule has 4 nitrogen and oxygen atoms in total. The Morgan fingerprint density at radius 3 is 2.85 bits per heavy atom. The van der Waals surface area contributed by atoms with Crippen molar-refractivity contribution in [3.8, 4) is 0 Å². The topological polar surface area (TPSA) is 50.4 Å². The van der Waals surface area contributed by atoms with E-state index in [1.807, 2.05) is 25.1 Å². The summed E-state index contributed by atoms with van der Waals surface area (Å²) in [5.74, 6) is -0.0344. The molecule has 1 unspecified atom stereocenters. The van der Waals surface area contributed by atoms with E-state index in [-0.39, 0.29) is 11.5 Å². The molecule has 1 atom stereocenters. The van der Waals surface area contributed by atoms with Crippen LogP contribution in [0.5, 0.6) is 0 Å². The van der Waals surface area contributed by atoms with E-state index in [0.717, 1.165) is 37.2 Å². The van der Waals surface area contributed by atoms with E-state index in [1.54, 1.807) is 0 Å². The van der Waals surface area contributed by atoms with Crippen molar-refractivity contribution < 1.29 is 9.53 Å². The largest absolute Gasteiger partial charge is 0.385 e. The molecule has 1 aliphatic heterocycles. The summed E-state index contributed by atoms with van der Waals surface area (Å²) < 4.78 is 5.68. The number of anilines is 1. The highest BCUT2D eigenvalue weighted by Crippen LogP contribution is 2.24. The average Bonchev–Trinajstić information content (AvgIpc) is 2.86.